The molecule has 0 unspecified atom stereocenters. The van der Waals surface area contributed by atoms with Crippen molar-refractivity contribution >= 4 is 0 Å². The summed E-state index contributed by atoms with van der Waals surface area (Å²) in [4.78, 5) is 6.65. The largest absolute Gasteiger partial charge is 0.296 e. The van der Waals surface area contributed by atoms with Gasteiger partial charge in [-0.05, 0) is 35.9 Å². The predicted molar refractivity (Wildman–Crippen MR) is 91.3 cm³/mol. The number of benzene rings is 2. The third-order valence-corrected chi connectivity index (χ3v) is 3.67. The van der Waals surface area contributed by atoms with Gasteiger partial charge in [-0.15, -0.1) is 0 Å². The minimum Gasteiger partial charge on any atom is -0.296 e. The minimum atomic E-state index is 0.862. The van der Waals surface area contributed by atoms with Crippen molar-refractivity contribution in [1.29, 1.82) is 0 Å². The molecule has 2 heteroatoms. The van der Waals surface area contributed by atoms with Crippen LogP contribution in [0.1, 0.15) is 11.3 Å². The van der Waals surface area contributed by atoms with Crippen molar-refractivity contribution in [2.75, 3.05) is 7.05 Å². The lowest BCUT2D eigenvalue weighted by atomic mass is 10.0. The molecular weight excluding hydrogens is 268 g/mol. The Morgan fingerprint density at radius 2 is 1.41 bits per heavy atom. The summed E-state index contributed by atoms with van der Waals surface area (Å²) in [5, 5.41) is 0. The molecule has 2 aromatic carbocycles. The van der Waals surface area contributed by atoms with Gasteiger partial charge in [-0.2, -0.15) is 0 Å². The average Bonchev–Trinajstić information content (AvgIpc) is 2.57. The summed E-state index contributed by atoms with van der Waals surface area (Å²) in [5.41, 5.74) is 4.94. The van der Waals surface area contributed by atoms with Crippen molar-refractivity contribution in [2.24, 2.45) is 0 Å². The summed E-state index contributed by atoms with van der Waals surface area (Å²) in [6, 6.07) is 25.3. The zero-order valence-corrected chi connectivity index (χ0v) is 12.8. The maximum Gasteiger partial charge on any atom is 0.0543 e. The van der Waals surface area contributed by atoms with Gasteiger partial charge in [0.1, 0.15) is 0 Å². The molecule has 0 amide bonds. The van der Waals surface area contributed by atoms with Gasteiger partial charge in [0.2, 0.25) is 0 Å². The zero-order valence-electron chi connectivity index (χ0n) is 12.8. The van der Waals surface area contributed by atoms with Gasteiger partial charge >= 0.3 is 0 Å². The Morgan fingerprint density at radius 3 is 2.09 bits per heavy atom. The van der Waals surface area contributed by atoms with Crippen LogP contribution in [0.4, 0.5) is 0 Å². The van der Waals surface area contributed by atoms with Crippen LogP contribution < -0.4 is 0 Å². The molecule has 0 fully saturated rings. The first-order valence-corrected chi connectivity index (χ1v) is 7.54. The number of rotatable bonds is 5. The van der Waals surface area contributed by atoms with E-state index >= 15 is 0 Å². The van der Waals surface area contributed by atoms with Crippen LogP contribution >= 0.6 is 0 Å². The fourth-order valence-electron chi connectivity index (χ4n) is 2.57. The van der Waals surface area contributed by atoms with Crippen molar-refractivity contribution in [3.05, 3.63) is 90.3 Å². The summed E-state index contributed by atoms with van der Waals surface area (Å²) >= 11 is 0. The quantitative estimate of drug-likeness (QED) is 0.692. The van der Waals surface area contributed by atoms with E-state index in [2.05, 4.69) is 71.5 Å². The molecule has 0 N–H and O–H groups in total. The second-order valence-corrected chi connectivity index (χ2v) is 5.56. The van der Waals surface area contributed by atoms with Crippen LogP contribution in [0.2, 0.25) is 0 Å². The SMILES string of the molecule is CN(Cc1ccc(-c2ccccc2)cc1)Cc1ccccn1. The lowest BCUT2D eigenvalue weighted by Gasteiger charge is -2.16. The van der Waals surface area contributed by atoms with Crippen LogP contribution in [-0.2, 0) is 13.1 Å². The molecule has 3 aromatic rings. The summed E-state index contributed by atoms with van der Waals surface area (Å²) in [7, 11) is 2.12. The lowest BCUT2D eigenvalue weighted by molar-refractivity contribution is 0.315. The van der Waals surface area contributed by atoms with Crippen molar-refractivity contribution in [1.82, 2.24) is 9.88 Å². The van der Waals surface area contributed by atoms with Crippen LogP contribution in [0.15, 0.2) is 79.0 Å². The minimum absolute atomic E-state index is 0.862. The number of pyridine rings is 1. The molecule has 1 aromatic heterocycles. The molecule has 0 radical (unpaired) electrons. The Morgan fingerprint density at radius 1 is 0.727 bits per heavy atom. The van der Waals surface area contributed by atoms with Gasteiger partial charge in [0.15, 0.2) is 0 Å². The fourth-order valence-corrected chi connectivity index (χ4v) is 2.57. The molecule has 3 rings (SSSR count). The molecule has 110 valence electrons. The summed E-state index contributed by atoms with van der Waals surface area (Å²) in [6.07, 6.45) is 1.85. The molecule has 0 aliphatic rings. The van der Waals surface area contributed by atoms with Gasteiger partial charge in [-0.3, -0.25) is 9.88 Å². The molecule has 22 heavy (non-hydrogen) atoms. The maximum atomic E-state index is 4.37. The number of aromatic nitrogens is 1. The Labute approximate surface area is 132 Å². The highest BCUT2D eigenvalue weighted by Crippen LogP contribution is 2.19. The molecule has 0 saturated carbocycles. The average molecular weight is 288 g/mol. The Kier molecular flexibility index (Phi) is 4.62. The second kappa shape index (κ2) is 7.01. The topological polar surface area (TPSA) is 16.1 Å². The summed E-state index contributed by atoms with van der Waals surface area (Å²) in [5.74, 6) is 0. The molecule has 0 spiro atoms. The summed E-state index contributed by atoms with van der Waals surface area (Å²) in [6.45, 7) is 1.78. The first kappa shape index (κ1) is 14.5. The molecule has 0 aliphatic heterocycles. The second-order valence-electron chi connectivity index (χ2n) is 5.56. The Bertz CT molecular complexity index is 691. The molecule has 0 bridgehead atoms. The van der Waals surface area contributed by atoms with Crippen molar-refractivity contribution < 1.29 is 0 Å². The Balaban J connectivity index is 1.64. The van der Waals surface area contributed by atoms with E-state index in [4.69, 9.17) is 0 Å². The van der Waals surface area contributed by atoms with E-state index in [-0.39, 0.29) is 0 Å². The van der Waals surface area contributed by atoms with Crippen LogP contribution in [0.25, 0.3) is 11.1 Å². The normalized spacial score (nSPS) is 10.8. The number of hydrogen-bond donors (Lipinski definition) is 0. The van der Waals surface area contributed by atoms with Crippen LogP contribution in [0, 0.1) is 0 Å². The molecule has 2 nitrogen and oxygen atoms in total. The highest BCUT2D eigenvalue weighted by atomic mass is 15.1. The van der Waals surface area contributed by atoms with E-state index in [1.807, 2.05) is 24.4 Å². The van der Waals surface area contributed by atoms with Gasteiger partial charge < -0.3 is 0 Å². The van der Waals surface area contributed by atoms with Crippen molar-refractivity contribution in [2.45, 2.75) is 13.1 Å². The van der Waals surface area contributed by atoms with Gasteiger partial charge in [-0.25, -0.2) is 0 Å². The van der Waals surface area contributed by atoms with Crippen LogP contribution in [0.5, 0.6) is 0 Å². The lowest BCUT2D eigenvalue weighted by Crippen LogP contribution is -2.17. The Hall–Kier alpha value is -2.45. The third-order valence-electron chi connectivity index (χ3n) is 3.67. The monoisotopic (exact) mass is 288 g/mol. The van der Waals surface area contributed by atoms with Crippen molar-refractivity contribution in [3.8, 4) is 11.1 Å². The first-order chi connectivity index (χ1) is 10.8. The van der Waals surface area contributed by atoms with E-state index in [1.165, 1.54) is 16.7 Å². The first-order valence-electron chi connectivity index (χ1n) is 7.54. The molecule has 0 aliphatic carbocycles. The highest BCUT2D eigenvalue weighted by Gasteiger charge is 2.03. The van der Waals surface area contributed by atoms with Gasteiger partial charge in [0, 0.05) is 19.3 Å². The van der Waals surface area contributed by atoms with E-state index in [0.29, 0.717) is 0 Å². The molecule has 1 heterocycles. The van der Waals surface area contributed by atoms with Crippen LogP contribution in [0.3, 0.4) is 0 Å². The van der Waals surface area contributed by atoms with Gasteiger partial charge in [0.05, 0.1) is 5.69 Å². The van der Waals surface area contributed by atoms with Gasteiger partial charge in [0.25, 0.3) is 0 Å². The maximum absolute atomic E-state index is 4.37. The number of hydrogen-bond acceptors (Lipinski definition) is 2. The predicted octanol–water partition coefficient (Wildman–Crippen LogP) is 4.38. The number of nitrogens with zero attached hydrogens (tertiary/aromatic N) is 2. The molecule has 0 saturated heterocycles. The zero-order chi connectivity index (χ0) is 15.2. The fraction of sp³-hybridized carbons (Fsp3) is 0.150. The van der Waals surface area contributed by atoms with E-state index in [1.54, 1.807) is 0 Å². The van der Waals surface area contributed by atoms with Crippen LogP contribution in [-0.4, -0.2) is 16.9 Å². The smallest absolute Gasteiger partial charge is 0.0543 e. The van der Waals surface area contributed by atoms with E-state index in [0.717, 1.165) is 18.8 Å². The van der Waals surface area contributed by atoms with E-state index < -0.39 is 0 Å². The third kappa shape index (κ3) is 3.80. The summed E-state index contributed by atoms with van der Waals surface area (Å²) < 4.78 is 0. The molecular formula is C20H20N2. The highest BCUT2D eigenvalue weighted by molar-refractivity contribution is 5.63. The van der Waals surface area contributed by atoms with Crippen molar-refractivity contribution in [3.63, 3.8) is 0 Å². The standard InChI is InChI=1S/C20H20N2/c1-22(16-20-9-5-6-14-21-20)15-17-10-12-19(13-11-17)18-7-3-2-4-8-18/h2-14H,15-16H2,1H3. The van der Waals surface area contributed by atoms with Gasteiger partial charge in [-0.1, -0.05) is 60.7 Å². The molecule has 0 atom stereocenters. The van der Waals surface area contributed by atoms with E-state index in [9.17, 15) is 0 Å².